The number of carbonyl (C=O) groups excluding carboxylic acids is 2. The van der Waals surface area contributed by atoms with Gasteiger partial charge in [-0.2, -0.15) is 0 Å². The maximum Gasteiger partial charge on any atom is 0.234 e. The van der Waals surface area contributed by atoms with E-state index >= 15 is 0 Å². The minimum absolute atomic E-state index is 0.0784. The first-order valence-corrected chi connectivity index (χ1v) is 11.0. The second kappa shape index (κ2) is 11.3. The molecule has 1 atom stereocenters. The topological polar surface area (TPSA) is 70.7 Å². The molecule has 1 aromatic rings. The molecule has 2 amide bonds. The maximum absolute atomic E-state index is 12.3. The van der Waals surface area contributed by atoms with Crippen molar-refractivity contribution in [1.29, 1.82) is 0 Å². The van der Waals surface area contributed by atoms with Crippen LogP contribution in [0, 0.1) is 18.8 Å². The lowest BCUT2D eigenvalue weighted by atomic mass is 9.95. The van der Waals surface area contributed by atoms with E-state index in [2.05, 4.69) is 34.6 Å². The van der Waals surface area contributed by atoms with Gasteiger partial charge in [0.15, 0.2) is 0 Å². The van der Waals surface area contributed by atoms with Crippen molar-refractivity contribution >= 4 is 11.8 Å². The predicted octanol–water partition coefficient (Wildman–Crippen LogP) is 2.26. The lowest BCUT2D eigenvalue weighted by Crippen LogP contribution is -2.43. The van der Waals surface area contributed by atoms with Crippen molar-refractivity contribution in [3.05, 3.63) is 35.4 Å². The van der Waals surface area contributed by atoms with Gasteiger partial charge in [-0.15, -0.1) is 0 Å². The second-order valence-corrected chi connectivity index (χ2v) is 8.51. The van der Waals surface area contributed by atoms with Gasteiger partial charge in [0.1, 0.15) is 0 Å². The molecule has 2 fully saturated rings. The molecule has 0 radical (unpaired) electrons. The SMILES string of the molecule is Cc1ccccc1CNC(=O)CN1CCC(CNC(=O)CC2CCCOC2)CC1. The summed E-state index contributed by atoms with van der Waals surface area (Å²) in [6.45, 7) is 7.22. The van der Waals surface area contributed by atoms with E-state index in [1.807, 2.05) is 12.1 Å². The number of rotatable bonds is 8. The number of benzene rings is 1. The van der Waals surface area contributed by atoms with E-state index in [-0.39, 0.29) is 11.8 Å². The molecule has 3 rings (SSSR count). The Hall–Kier alpha value is -1.92. The van der Waals surface area contributed by atoms with Gasteiger partial charge in [0.05, 0.1) is 6.54 Å². The fraction of sp³-hybridized carbons (Fsp3) is 0.652. The summed E-state index contributed by atoms with van der Waals surface area (Å²) in [5.41, 5.74) is 2.36. The number of nitrogens with zero attached hydrogens (tertiary/aromatic N) is 1. The van der Waals surface area contributed by atoms with Crippen LogP contribution in [0.1, 0.15) is 43.2 Å². The third-order valence-corrected chi connectivity index (χ3v) is 6.13. The van der Waals surface area contributed by atoms with Gasteiger partial charge in [-0.05, 0) is 68.7 Å². The van der Waals surface area contributed by atoms with E-state index in [1.165, 1.54) is 5.56 Å². The predicted molar refractivity (Wildman–Crippen MR) is 113 cm³/mol. The van der Waals surface area contributed by atoms with Crippen molar-refractivity contribution in [2.24, 2.45) is 11.8 Å². The van der Waals surface area contributed by atoms with E-state index in [4.69, 9.17) is 4.74 Å². The lowest BCUT2D eigenvalue weighted by molar-refractivity contribution is -0.123. The van der Waals surface area contributed by atoms with Gasteiger partial charge < -0.3 is 15.4 Å². The van der Waals surface area contributed by atoms with Gasteiger partial charge in [-0.3, -0.25) is 14.5 Å². The highest BCUT2D eigenvalue weighted by Gasteiger charge is 2.22. The van der Waals surface area contributed by atoms with Crippen LogP contribution in [0.5, 0.6) is 0 Å². The Labute approximate surface area is 174 Å². The molecule has 0 aromatic heterocycles. The number of likely N-dealkylation sites (tertiary alicyclic amines) is 1. The summed E-state index contributed by atoms with van der Waals surface area (Å²) >= 11 is 0. The van der Waals surface area contributed by atoms with Crippen LogP contribution in [-0.4, -0.2) is 56.1 Å². The zero-order valence-electron chi connectivity index (χ0n) is 17.6. The molecule has 6 heteroatoms. The molecule has 0 bridgehead atoms. The highest BCUT2D eigenvalue weighted by Crippen LogP contribution is 2.18. The van der Waals surface area contributed by atoms with Crippen molar-refractivity contribution in [3.63, 3.8) is 0 Å². The van der Waals surface area contributed by atoms with Gasteiger partial charge in [-0.25, -0.2) is 0 Å². The van der Waals surface area contributed by atoms with E-state index in [0.717, 1.165) is 64.1 Å². The van der Waals surface area contributed by atoms with Gasteiger partial charge in [-0.1, -0.05) is 24.3 Å². The molecule has 6 nitrogen and oxygen atoms in total. The highest BCUT2D eigenvalue weighted by molar-refractivity contribution is 5.78. The molecule has 0 saturated carbocycles. The van der Waals surface area contributed by atoms with Crippen LogP contribution in [-0.2, 0) is 20.9 Å². The second-order valence-electron chi connectivity index (χ2n) is 8.51. The largest absolute Gasteiger partial charge is 0.381 e. The van der Waals surface area contributed by atoms with Gasteiger partial charge >= 0.3 is 0 Å². The molecule has 2 saturated heterocycles. The molecule has 1 unspecified atom stereocenters. The number of piperidine rings is 1. The van der Waals surface area contributed by atoms with E-state index < -0.39 is 0 Å². The van der Waals surface area contributed by atoms with E-state index in [1.54, 1.807) is 0 Å². The van der Waals surface area contributed by atoms with E-state index in [0.29, 0.717) is 31.3 Å². The molecule has 0 spiro atoms. The average Bonchev–Trinajstić information content (AvgIpc) is 2.73. The fourth-order valence-electron chi connectivity index (χ4n) is 4.17. The Balaban J connectivity index is 1.28. The standard InChI is InChI=1S/C23H35N3O3/c1-18-5-2-3-7-21(18)15-25-23(28)16-26-10-8-19(9-11-26)14-24-22(27)13-20-6-4-12-29-17-20/h2-3,5,7,19-20H,4,6,8-17H2,1H3,(H,24,27)(H,25,28). The van der Waals surface area contributed by atoms with Crippen LogP contribution in [0.15, 0.2) is 24.3 Å². The first kappa shape index (κ1) is 21.8. The van der Waals surface area contributed by atoms with Crippen LogP contribution >= 0.6 is 0 Å². The molecular formula is C23H35N3O3. The molecule has 1 aromatic carbocycles. The van der Waals surface area contributed by atoms with Crippen molar-refractivity contribution in [2.75, 3.05) is 39.4 Å². The highest BCUT2D eigenvalue weighted by atomic mass is 16.5. The van der Waals surface area contributed by atoms with Gasteiger partial charge in [0.2, 0.25) is 11.8 Å². The van der Waals surface area contributed by atoms with Crippen molar-refractivity contribution in [2.45, 2.75) is 45.6 Å². The van der Waals surface area contributed by atoms with Gasteiger partial charge in [0, 0.05) is 32.7 Å². The van der Waals surface area contributed by atoms with Crippen molar-refractivity contribution in [1.82, 2.24) is 15.5 Å². The number of hydrogen-bond donors (Lipinski definition) is 2. The minimum Gasteiger partial charge on any atom is -0.381 e. The van der Waals surface area contributed by atoms with Crippen LogP contribution in [0.25, 0.3) is 0 Å². The Morgan fingerprint density at radius 3 is 2.59 bits per heavy atom. The Kier molecular flexibility index (Phi) is 8.50. The number of carbonyl (C=O) groups is 2. The number of amides is 2. The average molecular weight is 402 g/mol. The fourth-order valence-corrected chi connectivity index (χ4v) is 4.17. The number of nitrogens with one attached hydrogen (secondary N) is 2. The minimum atomic E-state index is 0.0784. The number of hydrogen-bond acceptors (Lipinski definition) is 4. The summed E-state index contributed by atoms with van der Waals surface area (Å²) < 4.78 is 5.45. The molecular weight excluding hydrogens is 366 g/mol. The molecule has 29 heavy (non-hydrogen) atoms. The molecule has 2 aliphatic rings. The van der Waals surface area contributed by atoms with E-state index in [9.17, 15) is 9.59 Å². The quantitative estimate of drug-likeness (QED) is 0.701. The Bertz CT molecular complexity index is 665. The van der Waals surface area contributed by atoms with Crippen molar-refractivity contribution in [3.8, 4) is 0 Å². The zero-order valence-corrected chi connectivity index (χ0v) is 17.6. The summed E-state index contributed by atoms with van der Waals surface area (Å²) in [4.78, 5) is 26.6. The molecule has 160 valence electrons. The lowest BCUT2D eigenvalue weighted by Gasteiger charge is -2.31. The zero-order chi connectivity index (χ0) is 20.5. The number of ether oxygens (including phenoxy) is 1. The van der Waals surface area contributed by atoms with Crippen molar-refractivity contribution < 1.29 is 14.3 Å². The molecule has 2 heterocycles. The third-order valence-electron chi connectivity index (χ3n) is 6.13. The summed E-state index contributed by atoms with van der Waals surface area (Å²) in [5, 5.41) is 6.14. The molecule has 0 aliphatic carbocycles. The summed E-state index contributed by atoms with van der Waals surface area (Å²) in [6.07, 6.45) is 4.79. The summed E-state index contributed by atoms with van der Waals surface area (Å²) in [6, 6.07) is 8.13. The Morgan fingerprint density at radius 1 is 1.07 bits per heavy atom. The van der Waals surface area contributed by atoms with Crippen LogP contribution in [0.4, 0.5) is 0 Å². The van der Waals surface area contributed by atoms with Crippen LogP contribution < -0.4 is 10.6 Å². The first-order chi connectivity index (χ1) is 14.1. The Morgan fingerprint density at radius 2 is 1.86 bits per heavy atom. The number of aryl methyl sites for hydroxylation is 1. The van der Waals surface area contributed by atoms with Crippen LogP contribution in [0.3, 0.4) is 0 Å². The normalized spacial score (nSPS) is 20.9. The first-order valence-electron chi connectivity index (χ1n) is 11.0. The maximum atomic E-state index is 12.3. The summed E-state index contributed by atoms with van der Waals surface area (Å²) in [5.74, 6) is 1.12. The third kappa shape index (κ3) is 7.44. The molecule has 2 aliphatic heterocycles. The summed E-state index contributed by atoms with van der Waals surface area (Å²) in [7, 11) is 0. The smallest absolute Gasteiger partial charge is 0.234 e. The monoisotopic (exact) mass is 401 g/mol. The van der Waals surface area contributed by atoms with Gasteiger partial charge in [0.25, 0.3) is 0 Å². The molecule has 2 N–H and O–H groups in total. The van der Waals surface area contributed by atoms with Crippen LogP contribution in [0.2, 0.25) is 0 Å².